The van der Waals surface area contributed by atoms with E-state index in [0.29, 0.717) is 0 Å². The van der Waals surface area contributed by atoms with E-state index in [-0.39, 0.29) is 6.42 Å². The smallest absolute Gasteiger partial charge is 0.332 e. The Morgan fingerprint density at radius 2 is 2.20 bits per heavy atom. The van der Waals surface area contributed by atoms with Crippen molar-refractivity contribution in [1.29, 1.82) is 0 Å². The van der Waals surface area contributed by atoms with Crippen LogP contribution in [0.3, 0.4) is 0 Å². The fourth-order valence-electron chi connectivity index (χ4n) is 1.62. The number of benzene rings is 1. The second kappa shape index (κ2) is 3.74. The molecule has 0 spiro atoms. The fraction of sp³-hybridized carbons (Fsp3) is 0.182. The molecular formula is C11H11NO3. The molecule has 0 aliphatic rings. The molecule has 1 aromatic heterocycles. The Morgan fingerprint density at radius 1 is 1.40 bits per heavy atom. The largest absolute Gasteiger partial charge is 0.479 e. The molecule has 4 nitrogen and oxygen atoms in total. The first-order valence-corrected chi connectivity index (χ1v) is 4.64. The number of aliphatic hydroxyl groups is 1. The first-order valence-electron chi connectivity index (χ1n) is 4.64. The number of aromatic nitrogens is 1. The average molecular weight is 205 g/mol. The van der Waals surface area contributed by atoms with E-state index in [9.17, 15) is 9.90 Å². The summed E-state index contributed by atoms with van der Waals surface area (Å²) >= 11 is 0. The van der Waals surface area contributed by atoms with Crippen LogP contribution in [0.5, 0.6) is 0 Å². The van der Waals surface area contributed by atoms with Crippen molar-refractivity contribution in [1.82, 2.24) is 4.98 Å². The standard InChI is InChI=1S/C11H11NO3/c13-10(11(14)15)6-7-2-1-3-9-8(7)4-5-12-9/h1-5,10,12-13H,6H2,(H,14,15). The monoisotopic (exact) mass is 205 g/mol. The molecule has 1 aromatic carbocycles. The Morgan fingerprint density at radius 3 is 2.93 bits per heavy atom. The van der Waals surface area contributed by atoms with E-state index >= 15 is 0 Å². The SMILES string of the molecule is O=C(O)C(O)Cc1cccc2[nH]ccc12. The number of rotatable bonds is 3. The molecule has 3 N–H and O–H groups in total. The van der Waals surface area contributed by atoms with Crippen LogP contribution >= 0.6 is 0 Å². The molecule has 0 aliphatic heterocycles. The maximum absolute atomic E-state index is 10.5. The van der Waals surface area contributed by atoms with Crippen molar-refractivity contribution in [3.8, 4) is 0 Å². The van der Waals surface area contributed by atoms with Crippen LogP contribution in [0.1, 0.15) is 5.56 Å². The van der Waals surface area contributed by atoms with Gasteiger partial charge in [-0.2, -0.15) is 0 Å². The highest BCUT2D eigenvalue weighted by Crippen LogP contribution is 2.18. The molecule has 78 valence electrons. The van der Waals surface area contributed by atoms with Crippen LogP contribution in [0.25, 0.3) is 10.9 Å². The zero-order chi connectivity index (χ0) is 10.8. The highest BCUT2D eigenvalue weighted by molar-refractivity contribution is 5.83. The van der Waals surface area contributed by atoms with E-state index in [1.54, 1.807) is 6.20 Å². The molecule has 0 saturated heterocycles. The Bertz CT molecular complexity index is 489. The third-order valence-electron chi connectivity index (χ3n) is 2.38. The molecule has 0 fully saturated rings. The summed E-state index contributed by atoms with van der Waals surface area (Å²) in [6.45, 7) is 0. The normalized spacial score (nSPS) is 12.9. The van der Waals surface area contributed by atoms with Crippen molar-refractivity contribution in [3.63, 3.8) is 0 Å². The predicted octanol–water partition coefficient (Wildman–Crippen LogP) is 1.16. The number of fused-ring (bicyclic) bond motifs is 1. The fourth-order valence-corrected chi connectivity index (χ4v) is 1.62. The van der Waals surface area contributed by atoms with Crippen molar-refractivity contribution >= 4 is 16.9 Å². The number of carboxylic acid groups (broad SMARTS) is 1. The molecule has 0 radical (unpaired) electrons. The highest BCUT2D eigenvalue weighted by Gasteiger charge is 2.15. The van der Waals surface area contributed by atoms with Crippen molar-refractivity contribution in [2.75, 3.05) is 0 Å². The van der Waals surface area contributed by atoms with E-state index in [1.165, 1.54) is 0 Å². The van der Waals surface area contributed by atoms with Gasteiger partial charge in [-0.25, -0.2) is 4.79 Å². The minimum atomic E-state index is -1.34. The van der Waals surface area contributed by atoms with Crippen LogP contribution in [0, 0.1) is 0 Å². The van der Waals surface area contributed by atoms with E-state index in [1.807, 2.05) is 24.3 Å². The number of carbonyl (C=O) groups is 1. The van der Waals surface area contributed by atoms with Crippen LogP contribution in [0.4, 0.5) is 0 Å². The molecule has 0 bridgehead atoms. The predicted molar refractivity (Wildman–Crippen MR) is 55.6 cm³/mol. The van der Waals surface area contributed by atoms with Crippen molar-refractivity contribution in [2.24, 2.45) is 0 Å². The van der Waals surface area contributed by atoms with Crippen molar-refractivity contribution in [3.05, 3.63) is 36.0 Å². The second-order valence-corrected chi connectivity index (χ2v) is 3.41. The minimum absolute atomic E-state index is 0.129. The van der Waals surface area contributed by atoms with Crippen LogP contribution in [-0.4, -0.2) is 27.3 Å². The molecule has 4 heteroatoms. The zero-order valence-electron chi connectivity index (χ0n) is 7.97. The molecule has 1 unspecified atom stereocenters. The van der Waals surface area contributed by atoms with Gasteiger partial charge in [0.15, 0.2) is 6.10 Å². The van der Waals surface area contributed by atoms with Gasteiger partial charge in [0, 0.05) is 23.5 Å². The Kier molecular flexibility index (Phi) is 2.43. The number of nitrogens with one attached hydrogen (secondary N) is 1. The summed E-state index contributed by atoms with van der Waals surface area (Å²) in [6, 6.07) is 7.44. The van der Waals surface area contributed by atoms with Gasteiger partial charge in [0.1, 0.15) is 0 Å². The van der Waals surface area contributed by atoms with Crippen LogP contribution in [-0.2, 0) is 11.2 Å². The lowest BCUT2D eigenvalue weighted by Gasteiger charge is -2.06. The first kappa shape index (κ1) is 9.73. The summed E-state index contributed by atoms with van der Waals surface area (Å²) in [6.07, 6.45) is 0.580. The maximum Gasteiger partial charge on any atom is 0.332 e. The lowest BCUT2D eigenvalue weighted by atomic mass is 10.0. The second-order valence-electron chi connectivity index (χ2n) is 3.41. The van der Waals surface area contributed by atoms with Gasteiger partial charge in [-0.15, -0.1) is 0 Å². The molecule has 2 aromatic rings. The van der Waals surface area contributed by atoms with Gasteiger partial charge in [-0.3, -0.25) is 0 Å². The third kappa shape index (κ3) is 1.85. The summed E-state index contributed by atoms with van der Waals surface area (Å²) in [5.41, 5.74) is 1.79. The number of carboxylic acids is 1. The van der Waals surface area contributed by atoms with Gasteiger partial charge in [0.2, 0.25) is 0 Å². The Labute approximate surface area is 86.2 Å². The maximum atomic E-state index is 10.5. The van der Waals surface area contributed by atoms with Gasteiger partial charge < -0.3 is 15.2 Å². The number of H-pyrrole nitrogens is 1. The van der Waals surface area contributed by atoms with Crippen molar-refractivity contribution in [2.45, 2.75) is 12.5 Å². The average Bonchev–Trinajstić information content (AvgIpc) is 2.66. The van der Waals surface area contributed by atoms with Gasteiger partial charge >= 0.3 is 5.97 Å². The molecular weight excluding hydrogens is 194 g/mol. The molecule has 0 aliphatic carbocycles. The summed E-state index contributed by atoms with van der Waals surface area (Å²) in [4.78, 5) is 13.6. The molecule has 1 atom stereocenters. The summed E-state index contributed by atoms with van der Waals surface area (Å²) < 4.78 is 0. The number of aliphatic hydroxyl groups excluding tert-OH is 1. The number of hydrogen-bond acceptors (Lipinski definition) is 2. The first-order chi connectivity index (χ1) is 7.18. The lowest BCUT2D eigenvalue weighted by Crippen LogP contribution is -2.21. The number of aliphatic carboxylic acids is 1. The third-order valence-corrected chi connectivity index (χ3v) is 2.38. The van der Waals surface area contributed by atoms with Gasteiger partial charge in [-0.1, -0.05) is 12.1 Å². The van der Waals surface area contributed by atoms with Gasteiger partial charge in [-0.05, 0) is 17.7 Å². The van der Waals surface area contributed by atoms with E-state index in [0.717, 1.165) is 16.5 Å². The molecule has 1 heterocycles. The zero-order valence-corrected chi connectivity index (χ0v) is 7.97. The lowest BCUT2D eigenvalue weighted by molar-refractivity contribution is -0.146. The Hall–Kier alpha value is -1.81. The highest BCUT2D eigenvalue weighted by atomic mass is 16.4. The quantitative estimate of drug-likeness (QED) is 0.703. The summed E-state index contributed by atoms with van der Waals surface area (Å²) in [5, 5.41) is 18.8. The van der Waals surface area contributed by atoms with E-state index in [2.05, 4.69) is 4.98 Å². The number of aromatic amines is 1. The minimum Gasteiger partial charge on any atom is -0.479 e. The summed E-state index contributed by atoms with van der Waals surface area (Å²) in [5.74, 6) is -1.19. The molecule has 15 heavy (non-hydrogen) atoms. The topological polar surface area (TPSA) is 73.3 Å². The van der Waals surface area contributed by atoms with Crippen LogP contribution in [0.15, 0.2) is 30.5 Å². The van der Waals surface area contributed by atoms with E-state index < -0.39 is 12.1 Å². The summed E-state index contributed by atoms with van der Waals surface area (Å²) in [7, 11) is 0. The van der Waals surface area contributed by atoms with E-state index in [4.69, 9.17) is 5.11 Å². The van der Waals surface area contributed by atoms with Crippen LogP contribution in [0.2, 0.25) is 0 Å². The molecule has 0 saturated carbocycles. The van der Waals surface area contributed by atoms with Gasteiger partial charge in [0.25, 0.3) is 0 Å². The Balaban J connectivity index is 2.35. The van der Waals surface area contributed by atoms with Crippen LogP contribution < -0.4 is 0 Å². The number of hydrogen-bond donors (Lipinski definition) is 3. The van der Waals surface area contributed by atoms with Crippen molar-refractivity contribution < 1.29 is 15.0 Å². The molecule has 2 rings (SSSR count). The molecule has 0 amide bonds. The van der Waals surface area contributed by atoms with Gasteiger partial charge in [0.05, 0.1) is 0 Å².